The van der Waals surface area contributed by atoms with E-state index in [1.807, 2.05) is 30.3 Å². The number of fused-ring (bicyclic) bond motifs is 6. The predicted octanol–water partition coefficient (Wildman–Crippen LogP) is 13.2. The van der Waals surface area contributed by atoms with E-state index in [1.165, 1.54) is 0 Å². The summed E-state index contributed by atoms with van der Waals surface area (Å²) < 4.78 is 8.73. The lowest BCUT2D eigenvalue weighted by Gasteiger charge is -2.11. The highest BCUT2D eigenvalue weighted by molar-refractivity contribution is 6.15. The third kappa shape index (κ3) is 5.29. The zero-order valence-electron chi connectivity index (χ0n) is 30.2. The molecule has 0 aliphatic carbocycles. The maximum atomic E-state index is 6.41. The molecule has 0 fully saturated rings. The molecule has 262 valence electrons. The zero-order valence-corrected chi connectivity index (χ0v) is 30.2. The van der Waals surface area contributed by atoms with Crippen molar-refractivity contribution >= 4 is 43.7 Å². The van der Waals surface area contributed by atoms with Crippen molar-refractivity contribution in [2.75, 3.05) is 0 Å². The minimum Gasteiger partial charge on any atom is -0.455 e. The first kappa shape index (κ1) is 31.9. The molecule has 3 heterocycles. The summed E-state index contributed by atoms with van der Waals surface area (Å²) in [4.78, 5) is 15.5. The van der Waals surface area contributed by atoms with Crippen molar-refractivity contribution in [2.24, 2.45) is 0 Å². The molecule has 0 bridgehead atoms. The van der Waals surface area contributed by atoms with Crippen molar-refractivity contribution in [3.05, 3.63) is 194 Å². The van der Waals surface area contributed by atoms with Crippen LogP contribution in [0.4, 0.5) is 0 Å². The lowest BCUT2D eigenvalue weighted by Crippen LogP contribution is -2.00. The largest absolute Gasteiger partial charge is 0.455 e. The number of aromatic nitrogens is 4. The molecule has 0 saturated heterocycles. The van der Waals surface area contributed by atoms with Gasteiger partial charge in [0.15, 0.2) is 17.5 Å². The molecule has 5 heteroatoms. The quantitative estimate of drug-likeness (QED) is 0.172. The minimum atomic E-state index is 0.614. The Morgan fingerprint density at radius 1 is 0.357 bits per heavy atom. The van der Waals surface area contributed by atoms with Crippen molar-refractivity contribution in [1.82, 2.24) is 19.5 Å². The Kier molecular flexibility index (Phi) is 7.42. The van der Waals surface area contributed by atoms with Crippen molar-refractivity contribution < 1.29 is 4.42 Å². The lowest BCUT2D eigenvalue weighted by atomic mass is 9.97. The van der Waals surface area contributed by atoms with Gasteiger partial charge in [-0.2, -0.15) is 0 Å². The molecule has 5 nitrogen and oxygen atoms in total. The Labute approximate surface area is 322 Å². The van der Waals surface area contributed by atoms with Crippen LogP contribution in [0.2, 0.25) is 0 Å². The Morgan fingerprint density at radius 3 is 1.71 bits per heavy atom. The number of hydrogen-bond donors (Lipinski definition) is 0. The van der Waals surface area contributed by atoms with E-state index in [0.717, 1.165) is 88.4 Å². The fourth-order valence-corrected chi connectivity index (χ4v) is 8.08. The molecule has 0 radical (unpaired) electrons. The van der Waals surface area contributed by atoms with Gasteiger partial charge in [-0.1, -0.05) is 152 Å². The number of benzene rings is 8. The normalized spacial score (nSPS) is 11.6. The summed E-state index contributed by atoms with van der Waals surface area (Å²) in [6.45, 7) is 0. The van der Waals surface area contributed by atoms with Crippen molar-refractivity contribution in [3.63, 3.8) is 0 Å². The van der Waals surface area contributed by atoms with E-state index >= 15 is 0 Å². The third-order valence-electron chi connectivity index (χ3n) is 10.7. The molecule has 0 N–H and O–H groups in total. The number of nitrogens with zero attached hydrogens (tertiary/aromatic N) is 4. The van der Waals surface area contributed by atoms with Crippen LogP contribution in [0.25, 0.3) is 106 Å². The topological polar surface area (TPSA) is 56.7 Å². The average molecular weight is 717 g/mol. The summed E-state index contributed by atoms with van der Waals surface area (Å²) in [6.07, 6.45) is 0. The lowest BCUT2D eigenvalue weighted by molar-refractivity contribution is 0.670. The van der Waals surface area contributed by atoms with Gasteiger partial charge >= 0.3 is 0 Å². The number of furan rings is 1. The predicted molar refractivity (Wildman–Crippen MR) is 229 cm³/mol. The second kappa shape index (κ2) is 13.0. The molecule has 3 aromatic heterocycles. The van der Waals surface area contributed by atoms with Crippen LogP contribution in [0.3, 0.4) is 0 Å². The number of rotatable bonds is 6. The highest BCUT2D eigenvalue weighted by Gasteiger charge is 2.20. The van der Waals surface area contributed by atoms with Gasteiger partial charge in [0.25, 0.3) is 0 Å². The van der Waals surface area contributed by atoms with Crippen LogP contribution in [0.1, 0.15) is 0 Å². The first-order chi connectivity index (χ1) is 27.8. The van der Waals surface area contributed by atoms with Crippen LogP contribution in [0.5, 0.6) is 0 Å². The smallest absolute Gasteiger partial charge is 0.164 e. The van der Waals surface area contributed by atoms with E-state index < -0.39 is 0 Å². The van der Waals surface area contributed by atoms with Gasteiger partial charge in [0.05, 0.1) is 11.0 Å². The first-order valence-corrected chi connectivity index (χ1v) is 18.8. The highest BCUT2D eigenvalue weighted by atomic mass is 16.3. The van der Waals surface area contributed by atoms with Crippen molar-refractivity contribution in [2.45, 2.75) is 0 Å². The third-order valence-corrected chi connectivity index (χ3v) is 10.7. The summed E-state index contributed by atoms with van der Waals surface area (Å²) >= 11 is 0. The van der Waals surface area contributed by atoms with E-state index in [1.54, 1.807) is 0 Å². The Hall–Kier alpha value is -7.63. The summed E-state index contributed by atoms with van der Waals surface area (Å²) in [7, 11) is 0. The summed E-state index contributed by atoms with van der Waals surface area (Å²) in [6, 6.07) is 67.3. The SMILES string of the molecule is c1ccc(-c2nc(-c3cccc(-c4cccc(-c5cccc6c5oc5ccccc56)c4)c3)nc(-c3cccc4c3c3ccccc3n4-c3ccccc3)n2)cc1. The molecule has 0 amide bonds. The molecule has 0 atom stereocenters. The molecular weight excluding hydrogens is 685 g/mol. The van der Waals surface area contributed by atoms with E-state index in [4.69, 9.17) is 19.4 Å². The van der Waals surface area contributed by atoms with Gasteiger partial charge in [0, 0.05) is 49.5 Å². The molecule has 0 aliphatic rings. The molecule has 0 saturated carbocycles. The summed E-state index contributed by atoms with van der Waals surface area (Å²) in [5.41, 5.74) is 12.2. The van der Waals surface area contributed by atoms with Gasteiger partial charge in [-0.05, 0) is 59.2 Å². The van der Waals surface area contributed by atoms with Crippen LogP contribution in [0, 0.1) is 0 Å². The second-order valence-corrected chi connectivity index (χ2v) is 14.0. The van der Waals surface area contributed by atoms with Crippen LogP contribution in [-0.2, 0) is 0 Å². The van der Waals surface area contributed by atoms with Gasteiger partial charge in [-0.25, -0.2) is 15.0 Å². The molecule has 8 aromatic carbocycles. The highest BCUT2D eigenvalue weighted by Crippen LogP contribution is 2.40. The van der Waals surface area contributed by atoms with E-state index in [9.17, 15) is 0 Å². The first-order valence-electron chi connectivity index (χ1n) is 18.8. The Bertz CT molecular complexity index is 3250. The molecule has 0 unspecified atom stereocenters. The summed E-state index contributed by atoms with van der Waals surface area (Å²) in [5.74, 6) is 1.87. The standard InChI is InChI=1S/C51H32N4O/c1-3-15-33(16-4-1)49-52-50(54-51(53-49)43-27-14-29-45-47(43)42-24-7-9-28-44(42)55(45)38-21-5-2-6-22-38)37-20-12-18-35(32-37)34-17-11-19-36(31-34)39-25-13-26-41-40-23-8-10-30-46(40)56-48(39)41/h1-32H. The molecular formula is C51H32N4O. The molecule has 11 aromatic rings. The van der Waals surface area contributed by atoms with Gasteiger partial charge in [-0.3, -0.25) is 0 Å². The zero-order chi connectivity index (χ0) is 37.0. The molecule has 0 spiro atoms. The van der Waals surface area contributed by atoms with Crippen LogP contribution >= 0.6 is 0 Å². The Balaban J connectivity index is 1.06. The van der Waals surface area contributed by atoms with Gasteiger partial charge < -0.3 is 8.98 Å². The molecule has 11 rings (SSSR count). The van der Waals surface area contributed by atoms with Gasteiger partial charge in [0.1, 0.15) is 11.2 Å². The fraction of sp³-hybridized carbons (Fsp3) is 0. The van der Waals surface area contributed by atoms with Crippen molar-refractivity contribution in [1.29, 1.82) is 0 Å². The maximum Gasteiger partial charge on any atom is 0.164 e. The minimum absolute atomic E-state index is 0.614. The van der Waals surface area contributed by atoms with E-state index in [0.29, 0.717) is 17.5 Å². The monoisotopic (exact) mass is 716 g/mol. The van der Waals surface area contributed by atoms with E-state index in [-0.39, 0.29) is 0 Å². The second-order valence-electron chi connectivity index (χ2n) is 14.0. The number of para-hydroxylation sites is 4. The maximum absolute atomic E-state index is 6.41. The van der Waals surface area contributed by atoms with Crippen LogP contribution in [0.15, 0.2) is 199 Å². The van der Waals surface area contributed by atoms with Crippen LogP contribution in [-0.4, -0.2) is 19.5 Å². The average Bonchev–Trinajstić information content (AvgIpc) is 3.83. The molecule has 0 aliphatic heterocycles. The van der Waals surface area contributed by atoms with Crippen molar-refractivity contribution in [3.8, 4) is 62.1 Å². The van der Waals surface area contributed by atoms with Gasteiger partial charge in [-0.15, -0.1) is 0 Å². The summed E-state index contributed by atoms with van der Waals surface area (Å²) in [5, 5.41) is 4.49. The Morgan fingerprint density at radius 2 is 0.893 bits per heavy atom. The molecule has 56 heavy (non-hydrogen) atoms. The van der Waals surface area contributed by atoms with E-state index in [2.05, 4.69) is 168 Å². The fourth-order valence-electron chi connectivity index (χ4n) is 8.08. The van der Waals surface area contributed by atoms with Crippen LogP contribution < -0.4 is 0 Å². The van der Waals surface area contributed by atoms with Gasteiger partial charge in [0.2, 0.25) is 0 Å². The number of hydrogen-bond acceptors (Lipinski definition) is 4.